The molecule has 92 heavy (non-hydrogen) atoms. The highest BCUT2D eigenvalue weighted by molar-refractivity contribution is 7.80. The third-order valence-corrected chi connectivity index (χ3v) is 15.3. The highest BCUT2D eigenvalue weighted by Gasteiger charge is 2.26. The van der Waals surface area contributed by atoms with E-state index in [0.29, 0.717) is 44.5 Å². The number of phenols is 12. The van der Waals surface area contributed by atoms with Crippen molar-refractivity contribution in [2.24, 2.45) is 0 Å². The summed E-state index contributed by atoms with van der Waals surface area (Å²) in [6.45, 7) is 30.0. The van der Waals surface area contributed by atoms with E-state index in [9.17, 15) is 61.3 Å². The Kier molecular flexibility index (Phi) is 37.6. The Hall–Kier alpha value is -7.42. The van der Waals surface area contributed by atoms with E-state index in [-0.39, 0.29) is 0 Å². The van der Waals surface area contributed by atoms with E-state index in [2.05, 4.69) is 55.4 Å². The minimum atomic E-state index is -4.92. The zero-order valence-electron chi connectivity index (χ0n) is 54.6. The lowest BCUT2D eigenvalue weighted by atomic mass is 9.99. The van der Waals surface area contributed by atoms with Crippen molar-refractivity contribution >= 4 is 20.8 Å². The summed E-state index contributed by atoms with van der Waals surface area (Å²) in [5.41, 5.74) is 4.73. The second-order valence-electron chi connectivity index (χ2n) is 22.8. The Bertz CT molecular complexity index is 2770. The molecule has 0 bridgehead atoms. The molecule has 0 aliphatic rings. The van der Waals surface area contributed by atoms with Crippen LogP contribution in [0.15, 0.2) is 97.1 Å². The second-order valence-corrected chi connectivity index (χ2v) is 24.5. The summed E-state index contributed by atoms with van der Waals surface area (Å²) in [5.74, 6) is -5.74. The lowest BCUT2D eigenvalue weighted by Crippen LogP contribution is -2.50. The molecular formula is C68H102N2O20S2. The molecule has 0 amide bonds. The van der Waals surface area contributed by atoms with Crippen LogP contribution in [0.3, 0.4) is 0 Å². The highest BCUT2D eigenvalue weighted by Crippen LogP contribution is 2.43. The lowest BCUT2D eigenvalue weighted by molar-refractivity contribution is -0.929. The largest absolute Gasteiger partial charge is 0.726 e. The van der Waals surface area contributed by atoms with Crippen LogP contribution in [-0.2, 0) is 20.8 Å². The molecule has 6 rings (SSSR count). The maximum atomic E-state index is 9.57. The van der Waals surface area contributed by atoms with Crippen LogP contribution in [0.4, 0.5) is 0 Å². The van der Waals surface area contributed by atoms with E-state index in [0.717, 1.165) is 0 Å². The summed E-state index contributed by atoms with van der Waals surface area (Å²) >= 11 is 0. The number of nitrogens with zero attached hydrogens (tertiary/aromatic N) is 2. The van der Waals surface area contributed by atoms with Crippen molar-refractivity contribution in [3.8, 4) is 114 Å². The van der Waals surface area contributed by atoms with Crippen molar-refractivity contribution in [2.45, 2.75) is 158 Å². The first-order valence-corrected chi connectivity index (χ1v) is 34.2. The summed E-state index contributed by atoms with van der Waals surface area (Å²) in [7, 11) is -9.83. The van der Waals surface area contributed by atoms with Crippen molar-refractivity contribution in [3.05, 3.63) is 97.1 Å². The van der Waals surface area contributed by atoms with E-state index in [1.807, 2.05) is 0 Å². The third-order valence-electron chi connectivity index (χ3n) is 15.3. The number of unbranched alkanes of at least 4 members (excludes halogenated alkanes) is 8. The minimum absolute atomic E-state index is 0.428. The summed E-state index contributed by atoms with van der Waals surface area (Å²) in [6.07, 6.45) is 22.1. The molecule has 24 heteroatoms. The Labute approximate surface area is 544 Å². The van der Waals surface area contributed by atoms with Crippen molar-refractivity contribution in [3.63, 3.8) is 0 Å². The standard InChI is InChI=1S/2C18H14O6.2C16H36N.2H2O4S/c2*19-13-5-11(6-14(20)17(13)23)9-1-2-10(4-3-9)12-7-15(21)18(24)16(22)8-12;2*1-5-9-13-17(14-10-6-2,15-11-7-3)16-12-8-4;2*1-5(2,3)4/h2*1-8,19-24H;2*5-16H2,1-4H3;2*(H2,1,2,3,4)/q;;2*+1;;/p-2. The fraction of sp³-hybridized carbons (Fsp3) is 0.471. The fourth-order valence-electron chi connectivity index (χ4n) is 10.1. The molecule has 0 fully saturated rings. The van der Waals surface area contributed by atoms with Gasteiger partial charge in [-0.1, -0.05) is 155 Å². The molecule has 0 saturated heterocycles. The molecule has 0 aliphatic carbocycles. The van der Waals surface area contributed by atoms with Gasteiger partial charge in [-0.3, -0.25) is 9.11 Å². The van der Waals surface area contributed by atoms with Crippen molar-refractivity contribution in [1.29, 1.82) is 0 Å². The quantitative estimate of drug-likeness (QED) is 0.00939. The number of hydrogen-bond donors (Lipinski definition) is 14. The summed E-state index contributed by atoms with van der Waals surface area (Å²) in [5, 5.41) is 114. The molecule has 6 aromatic rings. The number of hydrogen-bond acceptors (Lipinski definition) is 18. The van der Waals surface area contributed by atoms with E-state index in [4.69, 9.17) is 35.0 Å². The van der Waals surface area contributed by atoms with Crippen LogP contribution in [0.25, 0.3) is 44.5 Å². The second kappa shape index (κ2) is 41.9. The van der Waals surface area contributed by atoms with Gasteiger partial charge >= 0.3 is 0 Å². The maximum absolute atomic E-state index is 9.57. The smallest absolute Gasteiger partial charge is 0.215 e. The molecule has 22 nitrogen and oxygen atoms in total. The van der Waals surface area contributed by atoms with E-state index in [1.165, 1.54) is 213 Å². The van der Waals surface area contributed by atoms with Gasteiger partial charge in [0, 0.05) is 0 Å². The average Bonchev–Trinajstić information content (AvgIpc) is 0.846. The maximum Gasteiger partial charge on any atom is 0.215 e. The van der Waals surface area contributed by atoms with Crippen LogP contribution in [0.5, 0.6) is 69.0 Å². The molecule has 0 aromatic heterocycles. The summed E-state index contributed by atoms with van der Waals surface area (Å²) in [4.78, 5) is 0. The Morgan fingerprint density at radius 3 is 0.467 bits per heavy atom. The molecular weight excluding hydrogens is 1230 g/mol. The van der Waals surface area contributed by atoms with Gasteiger partial charge in [0.2, 0.25) is 20.8 Å². The van der Waals surface area contributed by atoms with Gasteiger partial charge < -0.3 is 79.3 Å². The van der Waals surface area contributed by atoms with Crippen LogP contribution < -0.4 is 0 Å². The molecule has 0 spiro atoms. The van der Waals surface area contributed by atoms with Gasteiger partial charge in [0.05, 0.1) is 52.4 Å². The SMILES string of the molecule is CCCC[N+](CCCC)(CCCC)CCCC.CCCC[N+](CCCC)(CCCC)CCCC.O=S(=O)([O-])O.O=S(=O)([O-])O.Oc1cc(-c2ccc(-c3cc(O)c(O)c(O)c3)cc2)cc(O)c1O.Oc1cc(-c2ccc(-c3cc(O)c(O)c(O)c3)cc2)cc(O)c1O. The van der Waals surface area contributed by atoms with Gasteiger partial charge in [0.25, 0.3) is 0 Å². The highest BCUT2D eigenvalue weighted by atomic mass is 32.3. The average molecular weight is 1330 g/mol. The number of rotatable bonds is 28. The molecule has 0 heterocycles. The summed E-state index contributed by atoms with van der Waals surface area (Å²) < 4.78 is 68.5. The van der Waals surface area contributed by atoms with Crippen molar-refractivity contribution in [1.82, 2.24) is 0 Å². The van der Waals surface area contributed by atoms with Crippen LogP contribution in [-0.4, -0.2) is 158 Å². The Morgan fingerprint density at radius 1 is 0.261 bits per heavy atom. The Balaban J connectivity index is 0.000000590. The molecule has 0 radical (unpaired) electrons. The van der Waals surface area contributed by atoms with Crippen LogP contribution in [0.1, 0.15) is 158 Å². The van der Waals surface area contributed by atoms with Gasteiger partial charge in [0.1, 0.15) is 0 Å². The van der Waals surface area contributed by atoms with Crippen molar-refractivity contribution < 1.29 is 105 Å². The zero-order chi connectivity index (χ0) is 69.8. The molecule has 0 unspecified atom stereocenters. The molecule has 14 N–H and O–H groups in total. The van der Waals surface area contributed by atoms with Gasteiger partial charge in [-0.15, -0.1) is 0 Å². The van der Waals surface area contributed by atoms with Gasteiger partial charge in [-0.25, -0.2) is 16.8 Å². The first-order valence-electron chi connectivity index (χ1n) is 31.5. The van der Waals surface area contributed by atoms with Crippen molar-refractivity contribution in [2.75, 3.05) is 52.4 Å². The van der Waals surface area contributed by atoms with Gasteiger partial charge in [-0.05, 0) is 144 Å². The first-order chi connectivity index (χ1) is 43.2. The number of benzene rings is 6. The van der Waals surface area contributed by atoms with Crippen LogP contribution in [0, 0.1) is 0 Å². The van der Waals surface area contributed by atoms with E-state index in [1.54, 1.807) is 48.5 Å². The van der Waals surface area contributed by atoms with E-state index >= 15 is 0 Å². The van der Waals surface area contributed by atoms with Crippen LogP contribution >= 0.6 is 0 Å². The third kappa shape index (κ3) is 31.3. The molecule has 0 aliphatic heterocycles. The fourth-order valence-corrected chi connectivity index (χ4v) is 10.1. The van der Waals surface area contributed by atoms with Gasteiger partial charge in [-0.2, -0.15) is 0 Å². The molecule has 516 valence electrons. The van der Waals surface area contributed by atoms with E-state index < -0.39 is 89.8 Å². The minimum Gasteiger partial charge on any atom is -0.726 e. The monoisotopic (exact) mass is 1330 g/mol. The molecule has 6 aromatic carbocycles. The normalized spacial score (nSPS) is 11.3. The lowest BCUT2D eigenvalue weighted by Gasteiger charge is -2.39. The number of quaternary nitrogens is 2. The van der Waals surface area contributed by atoms with Crippen LogP contribution in [0.2, 0.25) is 0 Å². The predicted molar refractivity (Wildman–Crippen MR) is 358 cm³/mol. The Morgan fingerprint density at radius 2 is 0.370 bits per heavy atom. The summed E-state index contributed by atoms with van der Waals surface area (Å²) in [6, 6.07) is 24.3. The first kappa shape index (κ1) is 82.6. The molecule has 0 saturated carbocycles. The predicted octanol–water partition coefficient (Wildman–Crippen LogP) is 14.5. The number of phenolic OH excluding ortho intramolecular Hbond substituents is 12. The topological polar surface area (TPSA) is 398 Å². The zero-order valence-corrected chi connectivity index (χ0v) is 56.3. The number of aromatic hydroxyl groups is 12. The van der Waals surface area contributed by atoms with Gasteiger partial charge in [0.15, 0.2) is 69.0 Å². The molecule has 0 atom stereocenters.